The van der Waals surface area contributed by atoms with Crippen LogP contribution in [-0.4, -0.2) is 27.7 Å². The number of nitrogen functional groups attached to an aromatic ring is 1. The van der Waals surface area contributed by atoms with Gasteiger partial charge in [-0.3, -0.25) is 0 Å². The van der Waals surface area contributed by atoms with Gasteiger partial charge in [-0.15, -0.1) is 0 Å². The highest BCUT2D eigenvalue weighted by atomic mass is 16.5. The summed E-state index contributed by atoms with van der Waals surface area (Å²) in [7, 11) is 0. The first-order valence-electron chi connectivity index (χ1n) is 7.26. The number of nitrogens with two attached hydrogens (primary N) is 1. The number of fused-ring (bicyclic) bond motifs is 1. The standard InChI is InChI=1S/C15H22N4O/c1-9-10(2)19(11(3)12-4-6-20-7-5-12)15-13(9)14(16)17-8-18-15/h8,11-12H,4-7H2,1-3H3,(H2,16,17,18). The topological polar surface area (TPSA) is 66.0 Å². The van der Waals surface area contributed by atoms with E-state index in [2.05, 4.69) is 35.3 Å². The van der Waals surface area contributed by atoms with E-state index in [0.29, 0.717) is 17.8 Å². The molecule has 5 heteroatoms. The maximum atomic E-state index is 6.03. The van der Waals surface area contributed by atoms with Crippen molar-refractivity contribution in [3.8, 4) is 0 Å². The van der Waals surface area contributed by atoms with Gasteiger partial charge < -0.3 is 15.0 Å². The number of rotatable bonds is 2. The number of aromatic nitrogens is 3. The predicted molar refractivity (Wildman–Crippen MR) is 79.7 cm³/mol. The molecule has 2 aromatic heterocycles. The van der Waals surface area contributed by atoms with E-state index in [-0.39, 0.29) is 0 Å². The van der Waals surface area contributed by atoms with E-state index in [1.165, 1.54) is 11.3 Å². The summed E-state index contributed by atoms with van der Waals surface area (Å²) in [5.41, 5.74) is 9.43. The summed E-state index contributed by atoms with van der Waals surface area (Å²) in [4.78, 5) is 8.61. The number of ether oxygens (including phenoxy) is 1. The van der Waals surface area contributed by atoms with Crippen LogP contribution in [0.25, 0.3) is 11.0 Å². The minimum atomic E-state index is 0.407. The summed E-state index contributed by atoms with van der Waals surface area (Å²) in [6.45, 7) is 8.25. The molecule has 0 spiro atoms. The van der Waals surface area contributed by atoms with Gasteiger partial charge in [0, 0.05) is 24.9 Å². The number of hydrogen-bond acceptors (Lipinski definition) is 4. The molecule has 0 radical (unpaired) electrons. The zero-order chi connectivity index (χ0) is 14.3. The van der Waals surface area contributed by atoms with Gasteiger partial charge in [0.2, 0.25) is 0 Å². The smallest absolute Gasteiger partial charge is 0.146 e. The van der Waals surface area contributed by atoms with Crippen LogP contribution in [0.15, 0.2) is 6.33 Å². The molecular formula is C15H22N4O. The Balaban J connectivity index is 2.11. The highest BCUT2D eigenvalue weighted by Crippen LogP contribution is 2.35. The third kappa shape index (κ3) is 1.97. The zero-order valence-corrected chi connectivity index (χ0v) is 12.4. The van der Waals surface area contributed by atoms with Gasteiger partial charge >= 0.3 is 0 Å². The maximum absolute atomic E-state index is 6.03. The molecule has 0 saturated carbocycles. The number of aryl methyl sites for hydroxylation is 1. The largest absolute Gasteiger partial charge is 0.383 e. The molecule has 0 aliphatic carbocycles. The van der Waals surface area contributed by atoms with Gasteiger partial charge in [0.25, 0.3) is 0 Å². The fraction of sp³-hybridized carbons (Fsp3) is 0.600. The van der Waals surface area contributed by atoms with Crippen LogP contribution in [0.3, 0.4) is 0 Å². The molecule has 1 aliphatic heterocycles. The van der Waals surface area contributed by atoms with Gasteiger partial charge in [-0.1, -0.05) is 0 Å². The van der Waals surface area contributed by atoms with E-state index in [1.54, 1.807) is 6.33 Å². The molecule has 3 rings (SSSR count). The predicted octanol–water partition coefficient (Wildman–Crippen LogP) is 2.62. The van der Waals surface area contributed by atoms with Crippen LogP contribution in [0.2, 0.25) is 0 Å². The highest BCUT2D eigenvalue weighted by molar-refractivity contribution is 5.90. The van der Waals surface area contributed by atoms with E-state index in [9.17, 15) is 0 Å². The summed E-state index contributed by atoms with van der Waals surface area (Å²) in [5, 5.41) is 1.00. The molecule has 2 aromatic rings. The van der Waals surface area contributed by atoms with Crippen LogP contribution >= 0.6 is 0 Å². The van der Waals surface area contributed by atoms with Gasteiger partial charge in [0.15, 0.2) is 0 Å². The SMILES string of the molecule is Cc1c(C)n(C(C)C2CCOCC2)c2ncnc(N)c12. The second kappa shape index (κ2) is 5.05. The Bertz CT molecular complexity index is 628. The van der Waals surface area contributed by atoms with Crippen LogP contribution in [0, 0.1) is 19.8 Å². The molecule has 1 unspecified atom stereocenters. The van der Waals surface area contributed by atoms with E-state index in [1.807, 2.05) is 0 Å². The molecule has 20 heavy (non-hydrogen) atoms. The van der Waals surface area contributed by atoms with Crippen molar-refractivity contribution >= 4 is 16.9 Å². The molecule has 1 saturated heterocycles. The van der Waals surface area contributed by atoms with Gasteiger partial charge in [0.1, 0.15) is 17.8 Å². The average Bonchev–Trinajstić information content (AvgIpc) is 2.72. The van der Waals surface area contributed by atoms with E-state index in [4.69, 9.17) is 10.5 Å². The Morgan fingerprint density at radius 3 is 2.70 bits per heavy atom. The minimum Gasteiger partial charge on any atom is -0.383 e. The van der Waals surface area contributed by atoms with Crippen LogP contribution in [-0.2, 0) is 4.74 Å². The fourth-order valence-corrected chi connectivity index (χ4v) is 3.36. The summed E-state index contributed by atoms with van der Waals surface area (Å²) < 4.78 is 7.80. The molecule has 0 amide bonds. The summed E-state index contributed by atoms with van der Waals surface area (Å²) in [5.74, 6) is 1.21. The molecule has 1 atom stereocenters. The zero-order valence-electron chi connectivity index (χ0n) is 12.4. The Morgan fingerprint density at radius 1 is 1.30 bits per heavy atom. The van der Waals surface area contributed by atoms with Gasteiger partial charge in [-0.2, -0.15) is 0 Å². The number of hydrogen-bond donors (Lipinski definition) is 1. The molecule has 108 valence electrons. The third-order valence-corrected chi connectivity index (χ3v) is 4.72. The van der Waals surface area contributed by atoms with Crippen molar-refractivity contribution in [2.45, 2.75) is 39.7 Å². The Labute approximate surface area is 119 Å². The molecule has 1 fully saturated rings. The Hall–Kier alpha value is -1.62. The first-order chi connectivity index (χ1) is 9.61. The highest BCUT2D eigenvalue weighted by Gasteiger charge is 2.26. The van der Waals surface area contributed by atoms with E-state index >= 15 is 0 Å². The van der Waals surface area contributed by atoms with E-state index < -0.39 is 0 Å². The van der Waals surface area contributed by atoms with Crippen LogP contribution in [0.1, 0.15) is 37.1 Å². The Kier molecular flexibility index (Phi) is 3.38. The van der Waals surface area contributed by atoms with Crippen LogP contribution in [0.5, 0.6) is 0 Å². The summed E-state index contributed by atoms with van der Waals surface area (Å²) >= 11 is 0. The van der Waals surface area contributed by atoms with Crippen molar-refractivity contribution in [1.82, 2.24) is 14.5 Å². The monoisotopic (exact) mass is 274 g/mol. The van der Waals surface area contributed by atoms with Gasteiger partial charge in [-0.05, 0) is 45.1 Å². The quantitative estimate of drug-likeness (QED) is 0.914. The summed E-state index contributed by atoms with van der Waals surface area (Å²) in [6.07, 6.45) is 3.78. The van der Waals surface area contributed by atoms with Crippen molar-refractivity contribution in [3.05, 3.63) is 17.6 Å². The van der Waals surface area contributed by atoms with Gasteiger partial charge in [-0.25, -0.2) is 9.97 Å². The molecule has 1 aliphatic rings. The molecule has 0 aromatic carbocycles. The van der Waals surface area contributed by atoms with Crippen molar-refractivity contribution in [1.29, 1.82) is 0 Å². The second-order valence-electron chi connectivity index (χ2n) is 5.73. The lowest BCUT2D eigenvalue weighted by Crippen LogP contribution is -2.24. The van der Waals surface area contributed by atoms with Crippen LogP contribution in [0.4, 0.5) is 5.82 Å². The molecule has 5 nitrogen and oxygen atoms in total. The average molecular weight is 274 g/mol. The van der Waals surface area contributed by atoms with Crippen LogP contribution < -0.4 is 5.73 Å². The molecule has 3 heterocycles. The second-order valence-corrected chi connectivity index (χ2v) is 5.73. The normalized spacial score (nSPS) is 18.6. The van der Waals surface area contributed by atoms with Crippen molar-refractivity contribution in [2.24, 2.45) is 5.92 Å². The number of anilines is 1. The van der Waals surface area contributed by atoms with E-state index in [0.717, 1.165) is 37.1 Å². The lowest BCUT2D eigenvalue weighted by Gasteiger charge is -2.30. The first-order valence-corrected chi connectivity index (χ1v) is 7.26. The molecule has 2 N–H and O–H groups in total. The summed E-state index contributed by atoms with van der Waals surface area (Å²) in [6, 6.07) is 0.407. The third-order valence-electron chi connectivity index (χ3n) is 4.72. The maximum Gasteiger partial charge on any atom is 0.146 e. The van der Waals surface area contributed by atoms with Gasteiger partial charge in [0.05, 0.1) is 5.39 Å². The minimum absolute atomic E-state index is 0.407. The fourth-order valence-electron chi connectivity index (χ4n) is 3.36. The van der Waals surface area contributed by atoms with Crippen molar-refractivity contribution in [2.75, 3.05) is 18.9 Å². The number of nitrogens with zero attached hydrogens (tertiary/aromatic N) is 3. The lowest BCUT2D eigenvalue weighted by molar-refractivity contribution is 0.0516. The Morgan fingerprint density at radius 2 is 2.00 bits per heavy atom. The van der Waals surface area contributed by atoms with Crippen molar-refractivity contribution in [3.63, 3.8) is 0 Å². The first kappa shape index (κ1) is 13.4. The molecule has 0 bridgehead atoms. The lowest BCUT2D eigenvalue weighted by atomic mass is 9.92. The van der Waals surface area contributed by atoms with Crippen molar-refractivity contribution < 1.29 is 4.74 Å². The molecular weight excluding hydrogens is 252 g/mol.